The van der Waals surface area contributed by atoms with Gasteiger partial charge in [0.05, 0.1) is 20.4 Å². The zero-order valence-electron chi connectivity index (χ0n) is 27.6. The Bertz CT molecular complexity index is 2840. The summed E-state index contributed by atoms with van der Waals surface area (Å²) in [4.78, 5) is 6.85. The number of aryl methyl sites for hydroxylation is 1. The fourth-order valence-electron chi connectivity index (χ4n) is 8.22. The third-order valence-electron chi connectivity index (χ3n) is 10.5. The first kappa shape index (κ1) is 29.2. The van der Waals surface area contributed by atoms with Gasteiger partial charge in [0.25, 0.3) is 0 Å². The van der Waals surface area contributed by atoms with Gasteiger partial charge in [-0.1, -0.05) is 115 Å². The van der Waals surface area contributed by atoms with E-state index in [-0.39, 0.29) is 12.3 Å². The summed E-state index contributed by atoms with van der Waals surface area (Å²) in [5.74, 6) is 0.881. The van der Waals surface area contributed by atoms with Crippen LogP contribution < -0.4 is 10.6 Å². The van der Waals surface area contributed by atoms with Gasteiger partial charge in [-0.2, -0.15) is 0 Å². The number of para-hydroxylation sites is 2. The van der Waals surface area contributed by atoms with E-state index in [1.807, 2.05) is 22.7 Å². The molecule has 2 atom stereocenters. The maximum Gasteiger partial charge on any atom is 0.131 e. The van der Waals surface area contributed by atoms with Crippen LogP contribution in [-0.2, 0) is 6.42 Å². The normalized spacial score (nSPS) is 17.4. The summed E-state index contributed by atoms with van der Waals surface area (Å²) >= 11 is 3.92. The summed E-state index contributed by atoms with van der Waals surface area (Å²) in [6, 6.07) is 48.3. The lowest BCUT2D eigenvalue weighted by molar-refractivity contribution is 0.411. The zero-order chi connectivity index (χ0) is 33.5. The van der Waals surface area contributed by atoms with Crippen molar-refractivity contribution in [1.29, 1.82) is 0 Å². The Kier molecular flexibility index (Phi) is 6.59. The molecule has 51 heavy (non-hydrogen) atoms. The molecule has 3 aromatic heterocycles. The fraction of sp³-hybridized carbons (Fsp3) is 0.0889. The van der Waals surface area contributed by atoms with Crippen LogP contribution in [0.4, 0.5) is 0 Å². The number of allylic oxidation sites excluding steroid dienone is 1. The molecule has 4 nitrogen and oxygen atoms in total. The maximum atomic E-state index is 5.34. The van der Waals surface area contributed by atoms with Gasteiger partial charge in [0.15, 0.2) is 0 Å². The number of hydrogen-bond acceptors (Lipinski definition) is 5. The monoisotopic (exact) mass is 692 g/mol. The molecule has 0 fully saturated rings. The summed E-state index contributed by atoms with van der Waals surface area (Å²) in [5, 5.41) is 14.3. The number of thiophene rings is 2. The highest BCUT2D eigenvalue weighted by Crippen LogP contribution is 2.46. The number of aromatic nitrogens is 1. The minimum absolute atomic E-state index is 0.156. The quantitative estimate of drug-likeness (QED) is 0.193. The molecule has 0 spiro atoms. The van der Waals surface area contributed by atoms with Gasteiger partial charge >= 0.3 is 0 Å². The molecular formula is C45H32N4S2. The Morgan fingerprint density at radius 1 is 0.667 bits per heavy atom. The van der Waals surface area contributed by atoms with Gasteiger partial charge in [-0.05, 0) is 59.9 Å². The van der Waals surface area contributed by atoms with E-state index in [1.165, 1.54) is 68.1 Å². The van der Waals surface area contributed by atoms with E-state index in [9.17, 15) is 0 Å². The first-order valence-corrected chi connectivity index (χ1v) is 19.2. The number of hydrogen-bond donors (Lipinski definition) is 2. The third-order valence-corrected chi connectivity index (χ3v) is 13.2. The highest BCUT2D eigenvalue weighted by atomic mass is 32.1. The number of nitrogens with one attached hydrogen (secondary N) is 2. The van der Waals surface area contributed by atoms with Gasteiger partial charge in [0, 0.05) is 47.8 Å². The minimum atomic E-state index is -0.216. The standard InChI is InChI=1S/C45H32N4S2/c1-2-12-27(13-3-1)43-46-44(28-14-10-15-29(26-28)49-36-20-7-4-16-30(36)31-17-5-8-21-37(31)49)48-45(47-43)35-19-11-23-39-40(35)34-25-24-33-32-18-6-9-22-38(32)50-41(33)42(34)51-39/h1-8,10-21,23-26,43,45,47H,9,22H2,(H,46,48). The van der Waals surface area contributed by atoms with E-state index in [0.29, 0.717) is 0 Å². The minimum Gasteiger partial charge on any atom is -0.350 e. The van der Waals surface area contributed by atoms with E-state index in [2.05, 4.69) is 161 Å². The number of nitrogens with zero attached hydrogens (tertiary/aromatic N) is 2. The fourth-order valence-corrected chi connectivity index (χ4v) is 10.9. The molecular weight excluding hydrogens is 661 g/mol. The van der Waals surface area contributed by atoms with Crippen LogP contribution in [0.2, 0.25) is 0 Å². The molecule has 1 aliphatic heterocycles. The van der Waals surface area contributed by atoms with Crippen LogP contribution in [0.5, 0.6) is 0 Å². The summed E-state index contributed by atoms with van der Waals surface area (Å²) in [5.41, 5.74) is 8.37. The lowest BCUT2D eigenvalue weighted by Gasteiger charge is -2.32. The predicted molar refractivity (Wildman–Crippen MR) is 218 cm³/mol. The van der Waals surface area contributed by atoms with Crippen LogP contribution in [0.3, 0.4) is 0 Å². The van der Waals surface area contributed by atoms with E-state index < -0.39 is 0 Å². The van der Waals surface area contributed by atoms with Gasteiger partial charge in [0.1, 0.15) is 18.2 Å². The number of fused-ring (bicyclic) bond motifs is 10. The van der Waals surface area contributed by atoms with Crippen molar-refractivity contribution < 1.29 is 0 Å². The first-order valence-electron chi connectivity index (χ1n) is 17.6. The molecule has 244 valence electrons. The lowest BCUT2D eigenvalue weighted by atomic mass is 9.99. The van der Waals surface area contributed by atoms with Crippen molar-refractivity contribution in [1.82, 2.24) is 15.2 Å². The summed E-state index contributed by atoms with van der Waals surface area (Å²) in [7, 11) is 0. The topological polar surface area (TPSA) is 41.4 Å². The SMILES string of the molecule is C1=Cc2c(sc3c2ccc2c3sc3cccc(C4NC(c5cccc(-n6c7ccccc7c7ccccc76)c5)=NC(c5ccccc5)N4)c32)CC1. The van der Waals surface area contributed by atoms with Crippen molar-refractivity contribution in [3.8, 4) is 5.69 Å². The zero-order valence-corrected chi connectivity index (χ0v) is 29.3. The average Bonchev–Trinajstić information content (AvgIpc) is 3.88. The molecule has 0 amide bonds. The van der Waals surface area contributed by atoms with E-state index >= 15 is 0 Å². The lowest BCUT2D eigenvalue weighted by Crippen LogP contribution is -2.45. The molecule has 6 heteroatoms. The van der Waals surface area contributed by atoms with Gasteiger partial charge in [0.2, 0.25) is 0 Å². The van der Waals surface area contributed by atoms with Crippen LogP contribution in [0.25, 0.3) is 63.8 Å². The van der Waals surface area contributed by atoms with Crippen molar-refractivity contribution in [3.05, 3.63) is 167 Å². The first-order chi connectivity index (χ1) is 25.3. The molecule has 0 saturated heterocycles. The Labute approximate surface area is 303 Å². The Morgan fingerprint density at radius 2 is 1.41 bits per heavy atom. The molecule has 0 bridgehead atoms. The Balaban J connectivity index is 1.06. The molecule has 4 heterocycles. The molecule has 0 saturated carbocycles. The summed E-state index contributed by atoms with van der Waals surface area (Å²) < 4.78 is 6.51. The Hall–Kier alpha value is -5.53. The van der Waals surface area contributed by atoms with Crippen molar-refractivity contribution in [2.75, 3.05) is 0 Å². The van der Waals surface area contributed by atoms with Gasteiger partial charge in [-0.3, -0.25) is 5.32 Å². The second kappa shape index (κ2) is 11.5. The number of benzene rings is 6. The predicted octanol–water partition coefficient (Wildman–Crippen LogP) is 11.7. The number of aliphatic imine (C=N–C) groups is 1. The van der Waals surface area contributed by atoms with Crippen molar-refractivity contribution in [2.24, 2.45) is 4.99 Å². The van der Waals surface area contributed by atoms with E-state index in [1.54, 1.807) is 0 Å². The molecule has 9 aromatic rings. The van der Waals surface area contributed by atoms with E-state index in [4.69, 9.17) is 4.99 Å². The molecule has 11 rings (SSSR count). The van der Waals surface area contributed by atoms with Crippen LogP contribution in [0, 0.1) is 0 Å². The summed E-state index contributed by atoms with van der Waals surface area (Å²) in [6.45, 7) is 0. The van der Waals surface area contributed by atoms with Crippen molar-refractivity contribution >= 4 is 86.6 Å². The number of amidine groups is 1. The Morgan fingerprint density at radius 3 is 2.25 bits per heavy atom. The highest BCUT2D eigenvalue weighted by molar-refractivity contribution is 7.31. The highest BCUT2D eigenvalue weighted by Gasteiger charge is 2.28. The maximum absolute atomic E-state index is 5.34. The van der Waals surface area contributed by atoms with Gasteiger partial charge in [-0.25, -0.2) is 4.99 Å². The van der Waals surface area contributed by atoms with Gasteiger partial charge < -0.3 is 9.88 Å². The molecule has 0 radical (unpaired) electrons. The van der Waals surface area contributed by atoms with Crippen molar-refractivity contribution in [3.63, 3.8) is 0 Å². The van der Waals surface area contributed by atoms with Crippen LogP contribution in [-0.4, -0.2) is 10.4 Å². The van der Waals surface area contributed by atoms with Crippen LogP contribution in [0.15, 0.2) is 145 Å². The third kappa shape index (κ3) is 4.57. The largest absolute Gasteiger partial charge is 0.350 e. The van der Waals surface area contributed by atoms with Crippen LogP contribution >= 0.6 is 22.7 Å². The average molecular weight is 693 g/mol. The molecule has 2 N–H and O–H groups in total. The van der Waals surface area contributed by atoms with Crippen molar-refractivity contribution in [2.45, 2.75) is 25.2 Å². The molecule has 2 aliphatic rings. The smallest absolute Gasteiger partial charge is 0.131 e. The second-order valence-corrected chi connectivity index (χ2v) is 15.6. The molecule has 6 aromatic carbocycles. The number of rotatable bonds is 4. The van der Waals surface area contributed by atoms with Crippen LogP contribution in [0.1, 0.15) is 45.9 Å². The molecule has 1 aliphatic carbocycles. The van der Waals surface area contributed by atoms with E-state index in [0.717, 1.165) is 35.5 Å². The second-order valence-electron chi connectivity index (χ2n) is 13.5. The summed E-state index contributed by atoms with van der Waals surface area (Å²) in [6.07, 6.45) is 6.55. The molecule has 2 unspecified atom stereocenters. The van der Waals surface area contributed by atoms with Gasteiger partial charge in [-0.15, -0.1) is 22.7 Å².